The Morgan fingerprint density at radius 3 is 2.58 bits per heavy atom. The molecule has 0 saturated heterocycles. The van der Waals surface area contributed by atoms with Crippen LogP contribution in [-0.4, -0.2) is 47.8 Å². The van der Waals surface area contributed by atoms with Gasteiger partial charge < -0.3 is 15.2 Å². The molecule has 0 saturated carbocycles. The summed E-state index contributed by atoms with van der Waals surface area (Å²) in [5.74, 6) is 0.573. The Morgan fingerprint density at radius 2 is 1.80 bits per heavy atom. The van der Waals surface area contributed by atoms with Gasteiger partial charge in [-0.1, -0.05) is 30.3 Å². The average Bonchev–Trinajstić information content (AvgIpc) is 3.33. The number of hydrogen-bond acceptors (Lipinski definition) is 8. The van der Waals surface area contributed by atoms with E-state index in [1.54, 1.807) is 43.5 Å². The zero-order chi connectivity index (χ0) is 28.0. The van der Waals surface area contributed by atoms with Crippen LogP contribution in [0.2, 0.25) is 0 Å². The molecular formula is C30H27FN6O3. The van der Waals surface area contributed by atoms with Gasteiger partial charge in [0.15, 0.2) is 17.7 Å². The molecule has 3 heterocycles. The molecule has 40 heavy (non-hydrogen) atoms. The molecule has 3 aromatic carbocycles. The summed E-state index contributed by atoms with van der Waals surface area (Å²) in [6.07, 6.45) is 0.919. The van der Waals surface area contributed by atoms with Crippen molar-refractivity contribution in [3.8, 4) is 17.2 Å². The molecule has 0 bridgehead atoms. The molecule has 2 unspecified atom stereocenters. The van der Waals surface area contributed by atoms with E-state index in [4.69, 9.17) is 20.3 Å². The molecule has 0 radical (unpaired) electrons. The molecule has 0 aliphatic carbocycles. The van der Waals surface area contributed by atoms with Gasteiger partial charge in [-0.2, -0.15) is 5.10 Å². The van der Waals surface area contributed by atoms with Crippen LogP contribution < -0.4 is 20.8 Å². The fourth-order valence-electron chi connectivity index (χ4n) is 5.41. The van der Waals surface area contributed by atoms with E-state index < -0.39 is 17.9 Å². The van der Waals surface area contributed by atoms with Crippen LogP contribution in [0.25, 0.3) is 16.5 Å². The number of aliphatic imine (C=N–C) groups is 2. The second-order valence-electron chi connectivity index (χ2n) is 9.63. The number of nitrogens with zero attached hydrogens (tertiary/aromatic N) is 5. The number of pyridine rings is 1. The van der Waals surface area contributed by atoms with E-state index in [1.165, 1.54) is 17.0 Å². The van der Waals surface area contributed by atoms with Gasteiger partial charge in [0.25, 0.3) is 5.56 Å². The Labute approximate surface area is 229 Å². The van der Waals surface area contributed by atoms with E-state index in [-0.39, 0.29) is 17.8 Å². The number of aromatic nitrogens is 1. The van der Waals surface area contributed by atoms with Gasteiger partial charge in [0, 0.05) is 11.3 Å². The lowest BCUT2D eigenvalue weighted by atomic mass is 9.93. The molecule has 1 aromatic heterocycles. The molecule has 0 spiro atoms. The monoisotopic (exact) mass is 538 g/mol. The van der Waals surface area contributed by atoms with Crippen LogP contribution in [-0.2, 0) is 6.54 Å². The van der Waals surface area contributed by atoms with E-state index in [1.807, 2.05) is 43.3 Å². The second-order valence-corrected chi connectivity index (χ2v) is 9.63. The van der Waals surface area contributed by atoms with Crippen LogP contribution in [0.4, 0.5) is 4.39 Å². The highest BCUT2D eigenvalue weighted by Gasteiger charge is 2.42. The highest BCUT2D eigenvalue weighted by atomic mass is 19.1. The molecule has 9 nitrogen and oxygen atoms in total. The van der Waals surface area contributed by atoms with E-state index >= 15 is 4.39 Å². The number of para-hydroxylation sites is 1. The summed E-state index contributed by atoms with van der Waals surface area (Å²) in [5.41, 5.74) is 9.04. The maximum Gasteiger partial charge on any atom is 0.263 e. The van der Waals surface area contributed by atoms with E-state index in [0.29, 0.717) is 34.1 Å². The molecule has 2 atom stereocenters. The summed E-state index contributed by atoms with van der Waals surface area (Å²) in [7, 11) is 3.14. The van der Waals surface area contributed by atoms with Crippen LogP contribution in [0.5, 0.6) is 11.5 Å². The summed E-state index contributed by atoms with van der Waals surface area (Å²) >= 11 is 0. The summed E-state index contributed by atoms with van der Waals surface area (Å²) in [6, 6.07) is 19.3. The van der Waals surface area contributed by atoms with Crippen molar-refractivity contribution < 1.29 is 13.9 Å². The number of amidine groups is 1. The Hall–Kier alpha value is -4.99. The second kappa shape index (κ2) is 9.96. The molecule has 0 amide bonds. The molecule has 202 valence electrons. The molecule has 2 aliphatic heterocycles. The van der Waals surface area contributed by atoms with Gasteiger partial charge in [-0.3, -0.25) is 14.4 Å². The predicted octanol–water partition coefficient (Wildman–Crippen LogP) is 4.02. The summed E-state index contributed by atoms with van der Waals surface area (Å²) < 4.78 is 27.4. The van der Waals surface area contributed by atoms with Gasteiger partial charge in [-0.15, -0.1) is 0 Å². The summed E-state index contributed by atoms with van der Waals surface area (Å²) in [6.45, 7) is 2.04. The lowest BCUT2D eigenvalue weighted by Gasteiger charge is -2.27. The Balaban J connectivity index is 1.51. The van der Waals surface area contributed by atoms with Crippen LogP contribution in [0.1, 0.15) is 16.8 Å². The Bertz CT molecular complexity index is 1790. The highest BCUT2D eigenvalue weighted by molar-refractivity contribution is 6.17. The minimum Gasteiger partial charge on any atom is -0.493 e. The number of methoxy groups -OCH3 is 2. The lowest BCUT2D eigenvalue weighted by molar-refractivity contribution is 0.210. The number of hydrogen-bond donors (Lipinski definition) is 1. The zero-order valence-corrected chi connectivity index (χ0v) is 22.2. The van der Waals surface area contributed by atoms with Gasteiger partial charge in [-0.05, 0) is 54.3 Å². The van der Waals surface area contributed by atoms with Crippen LogP contribution in [0, 0.1) is 18.7 Å². The van der Waals surface area contributed by atoms with E-state index in [2.05, 4.69) is 9.98 Å². The van der Waals surface area contributed by atoms with Crippen molar-refractivity contribution in [2.45, 2.75) is 19.6 Å². The van der Waals surface area contributed by atoms with Crippen molar-refractivity contribution in [1.29, 1.82) is 0 Å². The minimum absolute atomic E-state index is 0.163. The number of halogens is 1. The van der Waals surface area contributed by atoms with E-state index in [9.17, 15) is 4.79 Å². The standard InChI is InChI=1S/C30H27FN6O3/c1-17-7-6-8-18-13-20(37(30(38)25(17)18)22-10-5-4-9-21(22)31)15-36-29-26(28(32)33-16-34-29)27(35-36)19-11-12-23(39-2)24(14-19)40-3/h4-14,16,26,29H,15H2,1-3H3,(H2,32,33,34). The normalized spacial score (nSPS) is 17.9. The SMILES string of the molecule is COc1ccc(C2=NN(Cc3cc4cccc(C)c4c(=O)n3-c3ccccc3F)C3N=CN=C(N)C23)cc1OC. The molecular weight excluding hydrogens is 511 g/mol. The first kappa shape index (κ1) is 25.3. The van der Waals surface area contributed by atoms with Crippen molar-refractivity contribution in [3.05, 3.63) is 99.7 Å². The fourth-order valence-corrected chi connectivity index (χ4v) is 5.41. The van der Waals surface area contributed by atoms with Gasteiger partial charge in [0.1, 0.15) is 23.9 Å². The molecule has 2 aliphatic rings. The van der Waals surface area contributed by atoms with Crippen molar-refractivity contribution in [2.75, 3.05) is 14.2 Å². The van der Waals surface area contributed by atoms with Crippen LogP contribution in [0.3, 0.4) is 0 Å². The topological polar surface area (TPSA) is 107 Å². The van der Waals surface area contributed by atoms with Crippen LogP contribution in [0.15, 0.2) is 86.6 Å². The number of aryl methyl sites for hydroxylation is 1. The van der Waals surface area contributed by atoms with Crippen molar-refractivity contribution >= 4 is 28.7 Å². The third-order valence-electron chi connectivity index (χ3n) is 7.31. The van der Waals surface area contributed by atoms with Gasteiger partial charge in [0.2, 0.25) is 0 Å². The van der Waals surface area contributed by atoms with Gasteiger partial charge in [0.05, 0.1) is 37.5 Å². The first-order valence-electron chi connectivity index (χ1n) is 12.7. The predicted molar refractivity (Wildman–Crippen MR) is 153 cm³/mol. The Morgan fingerprint density at radius 1 is 1.00 bits per heavy atom. The number of ether oxygens (including phenoxy) is 2. The third kappa shape index (κ3) is 4.08. The van der Waals surface area contributed by atoms with Gasteiger partial charge in [-0.25, -0.2) is 14.4 Å². The first-order valence-corrected chi connectivity index (χ1v) is 12.7. The smallest absolute Gasteiger partial charge is 0.263 e. The molecule has 2 N–H and O–H groups in total. The quantitative estimate of drug-likeness (QED) is 0.399. The number of fused-ring (bicyclic) bond motifs is 2. The summed E-state index contributed by atoms with van der Waals surface area (Å²) in [5, 5.41) is 8.00. The number of nitrogens with two attached hydrogens (primary N) is 1. The number of hydrazone groups is 1. The van der Waals surface area contributed by atoms with Crippen molar-refractivity contribution in [2.24, 2.45) is 26.7 Å². The summed E-state index contributed by atoms with van der Waals surface area (Å²) in [4.78, 5) is 22.7. The Kier molecular flexibility index (Phi) is 6.30. The van der Waals surface area contributed by atoms with Crippen LogP contribution >= 0.6 is 0 Å². The number of rotatable bonds is 6. The lowest BCUT2D eigenvalue weighted by Crippen LogP contribution is -2.42. The fraction of sp³-hybridized carbons (Fsp3) is 0.200. The van der Waals surface area contributed by atoms with Gasteiger partial charge >= 0.3 is 0 Å². The molecule has 0 fully saturated rings. The van der Waals surface area contributed by atoms with E-state index in [0.717, 1.165) is 16.5 Å². The first-order chi connectivity index (χ1) is 19.4. The minimum atomic E-state index is -0.502. The zero-order valence-electron chi connectivity index (χ0n) is 22.2. The molecule has 4 aromatic rings. The number of benzene rings is 3. The molecule has 10 heteroatoms. The highest BCUT2D eigenvalue weighted by Crippen LogP contribution is 2.34. The third-order valence-corrected chi connectivity index (χ3v) is 7.31. The molecule has 6 rings (SSSR count). The largest absolute Gasteiger partial charge is 0.493 e. The van der Waals surface area contributed by atoms with Crippen molar-refractivity contribution in [3.63, 3.8) is 0 Å². The van der Waals surface area contributed by atoms with Crippen molar-refractivity contribution in [1.82, 2.24) is 9.58 Å². The average molecular weight is 539 g/mol. The maximum absolute atomic E-state index is 15.1. The maximum atomic E-state index is 15.1.